The molecule has 77 heavy (non-hydrogen) atoms. The molecule has 2 saturated heterocycles. The van der Waals surface area contributed by atoms with Gasteiger partial charge in [0, 0.05) is 11.0 Å². The van der Waals surface area contributed by atoms with Gasteiger partial charge in [0.05, 0.1) is 70.3 Å². The molecule has 4 aromatic carbocycles. The van der Waals surface area contributed by atoms with Crippen LogP contribution in [0.4, 0.5) is 40.3 Å². The minimum Gasteiger partial charge on any atom is -0.489 e. The average Bonchev–Trinajstić information content (AvgIpc) is 0.940. The summed E-state index contributed by atoms with van der Waals surface area (Å²) in [6, 6.07) is 20.0. The highest BCUT2D eigenvalue weighted by Gasteiger charge is 2.26. The lowest BCUT2D eigenvalue weighted by Gasteiger charge is -2.26. The first-order valence-electron chi connectivity index (χ1n) is 29.6. The molecule has 8 rings (SSSR count). The number of anilines is 7. The number of piperidine rings is 2. The fourth-order valence-electron chi connectivity index (χ4n) is 7.89. The van der Waals surface area contributed by atoms with Gasteiger partial charge in [-0.1, -0.05) is 47.5 Å². The maximum Gasteiger partial charge on any atom is 0.229 e. The summed E-state index contributed by atoms with van der Waals surface area (Å²) in [4.78, 5) is 16.7. The lowest BCUT2D eigenvalue weighted by Crippen LogP contribution is -2.27. The van der Waals surface area contributed by atoms with Crippen LogP contribution in [0.5, 0.6) is 11.5 Å². The van der Waals surface area contributed by atoms with E-state index in [2.05, 4.69) is 46.5 Å². The van der Waals surface area contributed by atoms with Crippen molar-refractivity contribution in [3.63, 3.8) is 0 Å². The molecule has 21 heteroatoms. The molecule has 0 radical (unpaired) electrons. The summed E-state index contributed by atoms with van der Waals surface area (Å²) in [5, 5.41) is 13.1. The molecule has 0 saturated carbocycles. The SMILES string of the molecule is CC(C)S(=O)(=O)c1ccccc1Nc1nc(Cl)ncc1Cl.[2H]C1([2H])CC(c2cc(OC([2H])(C)C)c(N)cc2C)CC([2H])([2H])N1.[2H]C1([2H])CC(c2cc(OC([2H])(C)C)c(Nc3ncc(Cl)c(Nc4ccccc4S(=O)(=O)C(C)C)n3)cc2C)CC([2H])([2H])N1. The molecule has 0 bridgehead atoms. The maximum absolute atomic E-state index is 12.9. The number of nitrogens with two attached hydrogens (primary N) is 1. The Bertz CT molecular complexity index is 3660. The summed E-state index contributed by atoms with van der Waals surface area (Å²) in [6.45, 7) is 9.15. The van der Waals surface area contributed by atoms with Crippen LogP contribution >= 0.6 is 34.8 Å². The van der Waals surface area contributed by atoms with Gasteiger partial charge in [-0.15, -0.1) is 0 Å². The first-order valence-corrected chi connectivity index (χ1v) is 28.8. The molecule has 416 valence electrons. The summed E-state index contributed by atoms with van der Waals surface area (Å²) in [7, 11) is -7.04. The van der Waals surface area contributed by atoms with Gasteiger partial charge in [-0.3, -0.25) is 0 Å². The van der Waals surface area contributed by atoms with Gasteiger partial charge < -0.3 is 41.8 Å². The Labute approximate surface area is 484 Å². The van der Waals surface area contributed by atoms with Crippen LogP contribution in [-0.2, 0) is 19.7 Å². The topological polar surface area (TPSA) is 224 Å². The third-order valence-corrected chi connectivity index (χ3v) is 17.0. The first kappa shape index (κ1) is 47.5. The van der Waals surface area contributed by atoms with Crippen molar-refractivity contribution in [3.05, 3.63) is 123 Å². The number of sulfone groups is 2. The number of ether oxygens (including phenoxy) is 2. The van der Waals surface area contributed by atoms with Gasteiger partial charge in [0.1, 0.15) is 21.5 Å². The zero-order chi connectivity index (χ0) is 65.2. The van der Waals surface area contributed by atoms with Gasteiger partial charge in [0.25, 0.3) is 0 Å². The van der Waals surface area contributed by atoms with Crippen molar-refractivity contribution in [1.29, 1.82) is 0 Å². The molecule has 2 aromatic heterocycles. The highest BCUT2D eigenvalue weighted by atomic mass is 35.5. The Balaban J connectivity index is 0.000000230. The van der Waals surface area contributed by atoms with Gasteiger partial charge in [-0.05, 0) is 215 Å². The average molecular weight is 1160 g/mol. The fraction of sp³-hybridized carbons (Fsp3) is 0.429. The van der Waals surface area contributed by atoms with E-state index in [4.69, 9.17) is 63.7 Å². The van der Waals surface area contributed by atoms with E-state index in [0.717, 1.165) is 16.7 Å². The van der Waals surface area contributed by atoms with Crippen LogP contribution in [0, 0.1) is 13.8 Å². The van der Waals surface area contributed by atoms with Crippen molar-refractivity contribution >= 4 is 94.8 Å². The molecule has 2 fully saturated rings. The predicted octanol–water partition coefficient (Wildman–Crippen LogP) is 12.9. The third-order valence-electron chi connectivity index (χ3n) is 11.9. The number of hydrogen-bond acceptors (Lipinski definition) is 16. The van der Waals surface area contributed by atoms with E-state index in [0.29, 0.717) is 34.1 Å². The van der Waals surface area contributed by atoms with E-state index in [1.165, 1.54) is 24.5 Å². The van der Waals surface area contributed by atoms with Gasteiger partial charge in [-0.25, -0.2) is 26.8 Å². The Kier molecular flexibility index (Phi) is 16.9. The number of halogens is 3. The normalized spacial score (nSPS) is 19.2. The molecular formula is C56H73Cl3N10O6S2. The monoisotopic (exact) mass is 1160 g/mol. The molecule has 4 heterocycles. The van der Waals surface area contributed by atoms with E-state index in [-0.39, 0.29) is 80.1 Å². The third kappa shape index (κ3) is 16.3. The van der Waals surface area contributed by atoms with Crippen LogP contribution in [-0.4, -0.2) is 85.4 Å². The number of aromatic nitrogens is 4. The molecule has 0 spiro atoms. The van der Waals surface area contributed by atoms with Crippen molar-refractivity contribution in [2.24, 2.45) is 0 Å². The predicted molar refractivity (Wildman–Crippen MR) is 314 cm³/mol. The second kappa shape index (κ2) is 27.4. The molecule has 0 amide bonds. The molecule has 2 aliphatic rings. The largest absolute Gasteiger partial charge is 0.489 e. The number of benzene rings is 4. The summed E-state index contributed by atoms with van der Waals surface area (Å²) in [5.74, 6) is 0.459. The number of nitrogens with zero attached hydrogens (tertiary/aromatic N) is 4. The van der Waals surface area contributed by atoms with Gasteiger partial charge in [-0.2, -0.15) is 9.97 Å². The smallest absolute Gasteiger partial charge is 0.229 e. The number of aryl methyl sites for hydroxylation is 2. The number of nitrogens with one attached hydrogen (secondary N) is 5. The molecule has 16 nitrogen and oxygen atoms in total. The number of rotatable bonds is 16. The highest BCUT2D eigenvalue weighted by Crippen LogP contribution is 2.39. The Morgan fingerprint density at radius 1 is 0.610 bits per heavy atom. The van der Waals surface area contributed by atoms with Crippen molar-refractivity contribution < 1.29 is 40.0 Å². The van der Waals surface area contributed by atoms with Gasteiger partial charge >= 0.3 is 0 Å². The molecule has 6 aromatic rings. The number of para-hydroxylation sites is 2. The standard InChI is InChI=1S/C28H36ClN5O3S.C15H24N2O.C13H13Cl2N3O2S/c1-17(2)37-25-15-21(20-10-12-30-13-11-20)19(5)14-24(25)33-28-31-16-22(29)27(34-28)32-23-8-6-7-9-26(23)38(35,36)18(3)4;1-10(2)18-15-9-13(11(3)8-14(15)16)12-4-6-17-7-5-12;1-8(2)21(19,20)11-6-4-3-5-10(11)17-12-9(14)7-16-13(15)18-12/h6-9,14-18,20,30H,10-13H2,1-5H3,(H2,31,32,33,34);8-10,12,17H,4-7,16H2,1-3H3;3-8H,1-2H3,(H,16,17,18)/i12D2,13D2,17D;6D2,7D2,10D;. The van der Waals surface area contributed by atoms with Crippen LogP contribution in [0.15, 0.2) is 95.0 Å². The number of nitrogen functional groups attached to an aromatic ring is 1. The van der Waals surface area contributed by atoms with E-state index in [9.17, 15) is 16.8 Å². The van der Waals surface area contributed by atoms with Crippen LogP contribution in [0.3, 0.4) is 0 Å². The molecule has 0 unspecified atom stereocenters. The van der Waals surface area contributed by atoms with Crippen molar-refractivity contribution in [1.82, 2.24) is 30.6 Å². The molecule has 2 aliphatic heterocycles. The fourth-order valence-corrected chi connectivity index (χ4v) is 10.7. The highest BCUT2D eigenvalue weighted by molar-refractivity contribution is 7.92. The summed E-state index contributed by atoms with van der Waals surface area (Å²) in [6.07, 6.45) is 0.701. The minimum absolute atomic E-state index is 0.0195. The van der Waals surface area contributed by atoms with Crippen LogP contribution in [0.1, 0.15) is 129 Å². The van der Waals surface area contributed by atoms with E-state index in [1.807, 2.05) is 13.8 Å². The van der Waals surface area contributed by atoms with Gasteiger partial charge in [0.15, 0.2) is 31.3 Å². The molecular weight excluding hydrogens is 1080 g/mol. The minimum atomic E-state index is -3.60. The molecule has 7 N–H and O–H groups in total. The van der Waals surface area contributed by atoms with Crippen LogP contribution in [0.2, 0.25) is 15.3 Å². The summed E-state index contributed by atoms with van der Waals surface area (Å²) in [5.41, 5.74) is 10.7. The second-order valence-electron chi connectivity index (χ2n) is 18.9. The Morgan fingerprint density at radius 3 is 1.52 bits per heavy atom. The second-order valence-corrected chi connectivity index (χ2v) is 25.0. The Morgan fingerprint density at radius 2 is 1.04 bits per heavy atom. The van der Waals surface area contributed by atoms with Crippen molar-refractivity contribution in [2.45, 2.75) is 139 Å². The zero-order valence-electron chi connectivity index (χ0n) is 54.5. The summed E-state index contributed by atoms with van der Waals surface area (Å²) >= 11 is 18.1. The van der Waals surface area contributed by atoms with E-state index < -0.39 is 74.2 Å². The van der Waals surface area contributed by atoms with E-state index in [1.54, 1.807) is 116 Å². The zero-order valence-corrected chi connectivity index (χ0v) is 48.4. The maximum atomic E-state index is 12.9. The van der Waals surface area contributed by atoms with E-state index >= 15 is 0 Å². The van der Waals surface area contributed by atoms with Crippen molar-refractivity contribution in [3.8, 4) is 11.5 Å². The quantitative estimate of drug-likeness (QED) is 0.0391. The van der Waals surface area contributed by atoms with Crippen LogP contribution < -0.4 is 41.8 Å². The van der Waals surface area contributed by atoms with Crippen LogP contribution in [0.25, 0.3) is 0 Å². The lowest BCUT2D eigenvalue weighted by molar-refractivity contribution is 0.243. The first-order chi connectivity index (χ1) is 39.9. The lowest BCUT2D eigenvalue weighted by atomic mass is 9.87. The summed E-state index contributed by atoms with van der Waals surface area (Å²) < 4.78 is 143. The van der Waals surface area contributed by atoms with Crippen molar-refractivity contribution in [2.75, 3.05) is 47.7 Å². The molecule has 0 aliphatic carbocycles. The van der Waals surface area contributed by atoms with Gasteiger partial charge in [0.2, 0.25) is 11.2 Å². The Hall–Kier alpha value is -5.47. The number of hydrogen-bond donors (Lipinski definition) is 6. The molecule has 0 atom stereocenters.